The molecule has 2 amide bonds. The Morgan fingerprint density at radius 3 is 2.43 bits per heavy atom. The highest BCUT2D eigenvalue weighted by Gasteiger charge is 2.31. The molecule has 3 aromatic rings. The largest absolute Gasteiger partial charge is 0.382 e. The van der Waals surface area contributed by atoms with Gasteiger partial charge in [0.1, 0.15) is 0 Å². The van der Waals surface area contributed by atoms with Crippen molar-refractivity contribution in [3.63, 3.8) is 0 Å². The molecule has 3 N–H and O–H groups in total. The molecule has 3 heterocycles. The van der Waals surface area contributed by atoms with Gasteiger partial charge in [0.2, 0.25) is 5.91 Å². The molecule has 0 atom stereocenters. The molecular formula is C25H30ClN7O2. The standard InChI is InChI=1S/C25H30ClN7O2/c1-14(2)30-22-9-21(19-12-29-33-13-16(26)10-28-23(19)33)27-11-20(22)25(35)32-17-5-3-15(4-6-17)24(34)31-18-7-8-18/h9-15,17-18H,3-8H2,1-2H3,(H,27,30)(H,31,34)(H,32,35)/t15-,17-. The second kappa shape index (κ2) is 9.81. The number of halogens is 1. The minimum atomic E-state index is -0.164. The predicted molar refractivity (Wildman–Crippen MR) is 134 cm³/mol. The molecule has 0 saturated heterocycles. The minimum absolute atomic E-state index is 0.0487. The SMILES string of the molecule is CC(C)Nc1cc(-c2cnn3cc(Cl)cnc23)ncc1C(=O)N[C@H]1CC[C@H](C(=O)NC2CC2)CC1. The highest BCUT2D eigenvalue weighted by Crippen LogP contribution is 2.29. The van der Waals surface area contributed by atoms with Gasteiger partial charge in [-0.2, -0.15) is 5.10 Å². The number of hydrogen-bond donors (Lipinski definition) is 3. The van der Waals surface area contributed by atoms with E-state index in [4.69, 9.17) is 11.6 Å². The van der Waals surface area contributed by atoms with Crippen molar-refractivity contribution in [2.75, 3.05) is 5.32 Å². The van der Waals surface area contributed by atoms with Gasteiger partial charge >= 0.3 is 0 Å². The van der Waals surface area contributed by atoms with E-state index in [1.807, 2.05) is 19.9 Å². The lowest BCUT2D eigenvalue weighted by molar-refractivity contribution is -0.126. The van der Waals surface area contributed by atoms with Crippen molar-refractivity contribution in [1.29, 1.82) is 0 Å². The number of nitrogens with one attached hydrogen (secondary N) is 3. The van der Waals surface area contributed by atoms with Crippen LogP contribution in [-0.2, 0) is 4.79 Å². The van der Waals surface area contributed by atoms with Crippen molar-refractivity contribution < 1.29 is 9.59 Å². The van der Waals surface area contributed by atoms with Crippen molar-refractivity contribution >= 4 is 34.7 Å². The molecule has 9 nitrogen and oxygen atoms in total. The molecule has 0 spiro atoms. The third kappa shape index (κ3) is 5.40. The summed E-state index contributed by atoms with van der Waals surface area (Å²) < 4.78 is 1.61. The summed E-state index contributed by atoms with van der Waals surface area (Å²) in [5.74, 6) is 0.0602. The molecule has 35 heavy (non-hydrogen) atoms. The van der Waals surface area contributed by atoms with E-state index in [2.05, 4.69) is 31.0 Å². The van der Waals surface area contributed by atoms with Crippen LogP contribution < -0.4 is 16.0 Å². The van der Waals surface area contributed by atoms with Crippen LogP contribution in [0.15, 0.2) is 30.9 Å². The third-order valence-electron chi connectivity index (χ3n) is 6.55. The lowest BCUT2D eigenvalue weighted by Crippen LogP contribution is -2.41. The van der Waals surface area contributed by atoms with Gasteiger partial charge in [-0.05, 0) is 58.4 Å². The van der Waals surface area contributed by atoms with Crippen molar-refractivity contribution in [3.8, 4) is 11.3 Å². The molecule has 2 saturated carbocycles. The van der Waals surface area contributed by atoms with Gasteiger partial charge in [-0.25, -0.2) is 9.50 Å². The maximum atomic E-state index is 13.2. The van der Waals surface area contributed by atoms with Crippen molar-refractivity contribution in [2.24, 2.45) is 5.92 Å². The van der Waals surface area contributed by atoms with Gasteiger partial charge in [-0.15, -0.1) is 0 Å². The molecule has 3 aromatic heterocycles. The normalized spacial score (nSPS) is 20.1. The van der Waals surface area contributed by atoms with Crippen molar-refractivity contribution in [1.82, 2.24) is 30.2 Å². The highest BCUT2D eigenvalue weighted by molar-refractivity contribution is 6.30. The number of nitrogens with zero attached hydrogens (tertiary/aromatic N) is 4. The van der Waals surface area contributed by atoms with Gasteiger partial charge in [-0.1, -0.05) is 11.6 Å². The summed E-state index contributed by atoms with van der Waals surface area (Å²) in [5.41, 5.74) is 3.24. The van der Waals surface area contributed by atoms with Crippen LogP contribution in [0.2, 0.25) is 5.02 Å². The molecule has 0 radical (unpaired) electrons. The van der Waals surface area contributed by atoms with E-state index in [0.29, 0.717) is 33.7 Å². The Morgan fingerprint density at radius 1 is 1.00 bits per heavy atom. The van der Waals surface area contributed by atoms with Crippen LogP contribution in [0.25, 0.3) is 16.9 Å². The zero-order chi connectivity index (χ0) is 24.5. The molecule has 184 valence electrons. The summed E-state index contributed by atoms with van der Waals surface area (Å²) in [7, 11) is 0. The predicted octanol–water partition coefficient (Wildman–Crippen LogP) is 3.83. The minimum Gasteiger partial charge on any atom is -0.382 e. The smallest absolute Gasteiger partial charge is 0.255 e. The van der Waals surface area contributed by atoms with Gasteiger partial charge in [0, 0.05) is 36.4 Å². The average Bonchev–Trinajstić information content (AvgIpc) is 3.54. The summed E-state index contributed by atoms with van der Waals surface area (Å²) >= 11 is 6.02. The number of aromatic nitrogens is 4. The van der Waals surface area contributed by atoms with E-state index < -0.39 is 0 Å². The van der Waals surface area contributed by atoms with Gasteiger partial charge in [0.25, 0.3) is 5.91 Å². The van der Waals surface area contributed by atoms with E-state index in [1.165, 1.54) is 0 Å². The molecule has 10 heteroatoms. The van der Waals surface area contributed by atoms with Gasteiger partial charge in [0.05, 0.1) is 39.9 Å². The Morgan fingerprint density at radius 2 is 1.71 bits per heavy atom. The lowest BCUT2D eigenvalue weighted by Gasteiger charge is -2.28. The first-order valence-electron chi connectivity index (χ1n) is 12.2. The second-order valence-corrected chi connectivity index (χ2v) is 10.3. The third-order valence-corrected chi connectivity index (χ3v) is 6.75. The highest BCUT2D eigenvalue weighted by atomic mass is 35.5. The summed E-state index contributed by atoms with van der Waals surface area (Å²) in [6.45, 7) is 4.04. The maximum absolute atomic E-state index is 13.2. The lowest BCUT2D eigenvalue weighted by atomic mass is 9.85. The molecule has 5 rings (SSSR count). The Kier molecular flexibility index (Phi) is 6.60. The Balaban J connectivity index is 1.30. The molecule has 0 aliphatic heterocycles. The summed E-state index contributed by atoms with van der Waals surface area (Å²) in [4.78, 5) is 34.5. The first-order chi connectivity index (χ1) is 16.9. The Labute approximate surface area is 209 Å². The number of rotatable bonds is 7. The Hall–Kier alpha value is -3.20. The van der Waals surface area contributed by atoms with Crippen molar-refractivity contribution in [2.45, 2.75) is 70.5 Å². The fraction of sp³-hybridized carbons (Fsp3) is 0.480. The van der Waals surface area contributed by atoms with Crippen LogP contribution in [0.3, 0.4) is 0 Å². The Bertz CT molecular complexity index is 1250. The maximum Gasteiger partial charge on any atom is 0.255 e. The molecule has 2 aliphatic carbocycles. The molecule has 2 aliphatic rings. The van der Waals surface area contributed by atoms with Gasteiger partial charge in [-0.3, -0.25) is 14.6 Å². The number of hydrogen-bond acceptors (Lipinski definition) is 6. The zero-order valence-electron chi connectivity index (χ0n) is 19.9. The summed E-state index contributed by atoms with van der Waals surface area (Å²) in [5, 5.41) is 14.4. The van der Waals surface area contributed by atoms with Crippen LogP contribution in [-0.4, -0.2) is 49.5 Å². The average molecular weight is 496 g/mol. The zero-order valence-corrected chi connectivity index (χ0v) is 20.7. The fourth-order valence-electron chi connectivity index (χ4n) is 4.56. The quantitative estimate of drug-likeness (QED) is 0.459. The fourth-order valence-corrected chi connectivity index (χ4v) is 4.70. The molecule has 0 aromatic carbocycles. The molecule has 2 fully saturated rings. The van der Waals surface area contributed by atoms with E-state index >= 15 is 0 Å². The topological polar surface area (TPSA) is 113 Å². The first kappa shape index (κ1) is 23.5. The monoisotopic (exact) mass is 495 g/mol. The number of carbonyl (C=O) groups excluding carboxylic acids is 2. The summed E-state index contributed by atoms with van der Waals surface area (Å²) in [6, 6.07) is 2.42. The van der Waals surface area contributed by atoms with E-state index in [0.717, 1.165) is 44.1 Å². The molecular weight excluding hydrogens is 466 g/mol. The number of anilines is 1. The number of carbonyl (C=O) groups is 2. The number of fused-ring (bicyclic) bond motifs is 1. The van der Waals surface area contributed by atoms with Crippen LogP contribution in [0.1, 0.15) is 62.7 Å². The van der Waals surface area contributed by atoms with Crippen LogP contribution in [0.5, 0.6) is 0 Å². The second-order valence-electron chi connectivity index (χ2n) is 9.82. The van der Waals surface area contributed by atoms with Crippen LogP contribution >= 0.6 is 11.6 Å². The van der Waals surface area contributed by atoms with Crippen LogP contribution in [0.4, 0.5) is 5.69 Å². The van der Waals surface area contributed by atoms with Crippen LogP contribution in [0, 0.1) is 5.92 Å². The van der Waals surface area contributed by atoms with E-state index in [9.17, 15) is 9.59 Å². The van der Waals surface area contributed by atoms with E-state index in [1.54, 1.807) is 29.3 Å². The molecule has 0 bridgehead atoms. The first-order valence-corrected chi connectivity index (χ1v) is 12.6. The van der Waals surface area contributed by atoms with Gasteiger partial charge < -0.3 is 16.0 Å². The summed E-state index contributed by atoms with van der Waals surface area (Å²) in [6.07, 6.45) is 11.9. The number of amides is 2. The van der Waals surface area contributed by atoms with Gasteiger partial charge in [0.15, 0.2) is 5.65 Å². The molecule has 0 unspecified atom stereocenters. The number of pyridine rings is 1. The van der Waals surface area contributed by atoms with E-state index in [-0.39, 0.29) is 29.8 Å². The van der Waals surface area contributed by atoms with Crippen molar-refractivity contribution in [3.05, 3.63) is 41.4 Å².